The van der Waals surface area contributed by atoms with Crippen molar-refractivity contribution in [2.24, 2.45) is 0 Å². The summed E-state index contributed by atoms with van der Waals surface area (Å²) in [5, 5.41) is 20.5. The van der Waals surface area contributed by atoms with Crippen molar-refractivity contribution in [3.8, 4) is 27.6 Å². The van der Waals surface area contributed by atoms with E-state index in [1.54, 1.807) is 24.3 Å². The molecule has 0 aliphatic carbocycles. The maximum Gasteiger partial charge on any atom is 0.269 e. The number of nitrogen functional groups attached to an aromatic ring is 1. The summed E-state index contributed by atoms with van der Waals surface area (Å²) in [5.41, 5.74) is 8.22. The molecule has 24 heavy (non-hydrogen) atoms. The summed E-state index contributed by atoms with van der Waals surface area (Å²) in [6, 6.07) is 13.9. The molecule has 0 saturated carbocycles. The van der Waals surface area contributed by atoms with Crippen LogP contribution in [0.5, 0.6) is 0 Å². The quantitative estimate of drug-likeness (QED) is 0.558. The predicted molar refractivity (Wildman–Crippen MR) is 90.9 cm³/mol. The number of halogens is 1. The fourth-order valence-corrected chi connectivity index (χ4v) is 3.44. The third kappa shape index (κ3) is 2.71. The van der Waals surface area contributed by atoms with Crippen molar-refractivity contribution >= 4 is 22.0 Å². The molecule has 5 nitrogen and oxygen atoms in total. The Balaban J connectivity index is 2.20. The van der Waals surface area contributed by atoms with Crippen LogP contribution in [0.2, 0.25) is 0 Å². The minimum atomic E-state index is -0.478. The van der Waals surface area contributed by atoms with E-state index in [2.05, 4.69) is 6.07 Å². The van der Waals surface area contributed by atoms with E-state index in [9.17, 15) is 19.8 Å². The SMILES string of the molecule is N#Cc1c(N)sc(-c2ccc([N+](=O)[O-])cc2)c1-c1ccc(F)cc1. The number of non-ortho nitro benzene ring substituents is 1. The summed E-state index contributed by atoms with van der Waals surface area (Å²) in [7, 11) is 0. The number of anilines is 1. The van der Waals surface area contributed by atoms with Crippen molar-refractivity contribution in [2.75, 3.05) is 5.73 Å². The summed E-state index contributed by atoms with van der Waals surface area (Å²) in [6.07, 6.45) is 0. The molecule has 0 radical (unpaired) electrons. The molecule has 7 heteroatoms. The number of nitrogens with zero attached hydrogens (tertiary/aromatic N) is 2. The second-order valence-corrected chi connectivity index (χ2v) is 6.02. The zero-order valence-corrected chi connectivity index (χ0v) is 13.0. The number of nitro benzene ring substituents is 1. The van der Waals surface area contributed by atoms with Crippen LogP contribution in [0.25, 0.3) is 21.6 Å². The summed E-state index contributed by atoms with van der Waals surface area (Å²) >= 11 is 1.22. The molecule has 0 bridgehead atoms. The lowest BCUT2D eigenvalue weighted by Gasteiger charge is -2.05. The molecule has 2 N–H and O–H groups in total. The van der Waals surface area contributed by atoms with Crippen molar-refractivity contribution in [3.05, 3.63) is 70.0 Å². The van der Waals surface area contributed by atoms with E-state index in [4.69, 9.17) is 5.73 Å². The maximum atomic E-state index is 13.2. The summed E-state index contributed by atoms with van der Waals surface area (Å²) in [5.74, 6) is -0.377. The predicted octanol–water partition coefficient (Wildman–Crippen LogP) is 4.58. The Morgan fingerprint density at radius 3 is 2.21 bits per heavy atom. The van der Waals surface area contributed by atoms with Gasteiger partial charge in [0.2, 0.25) is 0 Å². The van der Waals surface area contributed by atoms with E-state index < -0.39 is 4.92 Å². The van der Waals surface area contributed by atoms with Gasteiger partial charge in [-0.05, 0) is 35.4 Å². The molecular weight excluding hydrogens is 329 g/mol. The molecule has 0 spiro atoms. The number of nitro groups is 1. The standard InChI is InChI=1S/C17H10FN3O2S/c18-12-5-1-10(2-6-12)15-14(9-19)17(20)24-16(15)11-3-7-13(8-4-11)21(22)23/h1-8H,20H2. The second kappa shape index (κ2) is 6.10. The van der Waals surface area contributed by atoms with Crippen molar-refractivity contribution < 1.29 is 9.31 Å². The summed E-state index contributed by atoms with van der Waals surface area (Å²) in [4.78, 5) is 11.0. The van der Waals surface area contributed by atoms with Gasteiger partial charge in [-0.25, -0.2) is 4.39 Å². The first-order valence-electron chi connectivity index (χ1n) is 6.84. The average molecular weight is 339 g/mol. The zero-order chi connectivity index (χ0) is 17.3. The first-order chi connectivity index (χ1) is 11.5. The Morgan fingerprint density at radius 1 is 1.08 bits per heavy atom. The van der Waals surface area contributed by atoms with Crippen LogP contribution in [-0.2, 0) is 0 Å². The van der Waals surface area contributed by atoms with Crippen LogP contribution in [-0.4, -0.2) is 4.92 Å². The molecule has 0 amide bonds. The zero-order valence-electron chi connectivity index (χ0n) is 12.2. The fourth-order valence-electron chi connectivity index (χ4n) is 2.39. The van der Waals surface area contributed by atoms with Gasteiger partial charge >= 0.3 is 0 Å². The van der Waals surface area contributed by atoms with Crippen LogP contribution in [0, 0.1) is 27.3 Å². The molecule has 1 heterocycles. The van der Waals surface area contributed by atoms with Gasteiger partial charge in [-0.1, -0.05) is 12.1 Å². The topological polar surface area (TPSA) is 93.0 Å². The highest BCUT2D eigenvalue weighted by Crippen LogP contribution is 2.44. The van der Waals surface area contributed by atoms with Crippen molar-refractivity contribution in [2.45, 2.75) is 0 Å². The molecular formula is C17H10FN3O2S. The minimum absolute atomic E-state index is 0.0212. The third-order valence-electron chi connectivity index (χ3n) is 3.52. The smallest absolute Gasteiger partial charge is 0.269 e. The first-order valence-corrected chi connectivity index (χ1v) is 7.66. The highest BCUT2D eigenvalue weighted by Gasteiger charge is 2.20. The van der Waals surface area contributed by atoms with Gasteiger partial charge in [-0.2, -0.15) is 5.26 Å². The van der Waals surface area contributed by atoms with E-state index in [1.807, 2.05) is 0 Å². The van der Waals surface area contributed by atoms with E-state index in [0.717, 1.165) is 0 Å². The lowest BCUT2D eigenvalue weighted by atomic mass is 9.98. The van der Waals surface area contributed by atoms with Gasteiger partial charge < -0.3 is 5.73 Å². The van der Waals surface area contributed by atoms with Gasteiger partial charge in [0.1, 0.15) is 16.9 Å². The molecule has 2 aromatic carbocycles. The van der Waals surface area contributed by atoms with E-state index in [-0.39, 0.29) is 11.5 Å². The van der Waals surface area contributed by atoms with Gasteiger partial charge in [0.25, 0.3) is 5.69 Å². The molecule has 0 aliphatic rings. The number of nitriles is 1. The number of benzene rings is 2. The molecule has 0 unspecified atom stereocenters. The maximum absolute atomic E-state index is 13.2. The average Bonchev–Trinajstić information content (AvgIpc) is 2.92. The Labute approximate surface area is 140 Å². The van der Waals surface area contributed by atoms with Crippen LogP contribution in [0.3, 0.4) is 0 Å². The number of rotatable bonds is 3. The Bertz CT molecular complexity index is 957. The van der Waals surface area contributed by atoms with Gasteiger partial charge in [0, 0.05) is 22.6 Å². The Kier molecular flexibility index (Phi) is 3.98. The number of nitrogens with two attached hydrogens (primary N) is 1. The second-order valence-electron chi connectivity index (χ2n) is 4.97. The van der Waals surface area contributed by atoms with Crippen LogP contribution >= 0.6 is 11.3 Å². The summed E-state index contributed by atoms with van der Waals surface area (Å²) < 4.78 is 13.2. The van der Waals surface area contributed by atoms with Crippen molar-refractivity contribution in [3.63, 3.8) is 0 Å². The van der Waals surface area contributed by atoms with Crippen LogP contribution < -0.4 is 5.73 Å². The van der Waals surface area contributed by atoms with Crippen LogP contribution in [0.4, 0.5) is 15.1 Å². The monoisotopic (exact) mass is 339 g/mol. The van der Waals surface area contributed by atoms with Gasteiger partial charge in [-0.15, -0.1) is 11.3 Å². The third-order valence-corrected chi connectivity index (χ3v) is 4.59. The number of thiophene rings is 1. The fraction of sp³-hybridized carbons (Fsp3) is 0. The van der Waals surface area contributed by atoms with Gasteiger partial charge in [0.15, 0.2) is 0 Å². The van der Waals surface area contributed by atoms with E-state index >= 15 is 0 Å². The van der Waals surface area contributed by atoms with E-state index in [0.29, 0.717) is 32.1 Å². The number of hydrogen-bond donors (Lipinski definition) is 1. The molecule has 0 saturated heterocycles. The van der Waals surface area contributed by atoms with Crippen molar-refractivity contribution in [1.82, 2.24) is 0 Å². The molecule has 3 rings (SSSR count). The lowest BCUT2D eigenvalue weighted by Crippen LogP contribution is -1.88. The van der Waals surface area contributed by atoms with Gasteiger partial charge in [-0.3, -0.25) is 10.1 Å². The van der Waals surface area contributed by atoms with Crippen LogP contribution in [0.15, 0.2) is 48.5 Å². The number of hydrogen-bond acceptors (Lipinski definition) is 5. The minimum Gasteiger partial charge on any atom is -0.389 e. The molecule has 0 fully saturated rings. The summed E-state index contributed by atoms with van der Waals surface area (Å²) in [6.45, 7) is 0. The highest BCUT2D eigenvalue weighted by molar-refractivity contribution is 7.20. The van der Waals surface area contributed by atoms with Crippen LogP contribution in [0.1, 0.15) is 5.56 Å². The highest BCUT2D eigenvalue weighted by atomic mass is 32.1. The molecule has 0 aliphatic heterocycles. The van der Waals surface area contributed by atoms with E-state index in [1.165, 1.54) is 35.6 Å². The Morgan fingerprint density at radius 2 is 1.67 bits per heavy atom. The molecule has 118 valence electrons. The van der Waals surface area contributed by atoms with Crippen molar-refractivity contribution in [1.29, 1.82) is 5.26 Å². The normalized spacial score (nSPS) is 10.3. The lowest BCUT2D eigenvalue weighted by molar-refractivity contribution is -0.384. The molecule has 1 aromatic heterocycles. The van der Waals surface area contributed by atoms with Gasteiger partial charge in [0.05, 0.1) is 10.5 Å². The first kappa shape index (κ1) is 15.6. The molecule has 3 aromatic rings. The molecule has 0 atom stereocenters. The largest absolute Gasteiger partial charge is 0.389 e. The Hall–Kier alpha value is -3.24.